The van der Waals surface area contributed by atoms with Crippen molar-refractivity contribution in [3.8, 4) is 0 Å². The first-order valence-electron chi connectivity index (χ1n) is 9.62. The quantitative estimate of drug-likeness (QED) is 0.234. The molecule has 148 valence electrons. The van der Waals surface area contributed by atoms with Crippen molar-refractivity contribution in [2.45, 2.75) is 90.5 Å². The molecule has 1 aromatic carbocycles. The molecule has 0 unspecified atom stereocenters. The summed E-state index contributed by atoms with van der Waals surface area (Å²) in [7, 11) is -1.58. The highest BCUT2D eigenvalue weighted by atomic mass is 32.2. The number of benzene rings is 1. The van der Waals surface area contributed by atoms with Crippen LogP contribution in [-0.2, 0) is 15.8 Å². The first-order chi connectivity index (χ1) is 11.9. The predicted octanol–water partition coefficient (Wildman–Crippen LogP) is 7.38. The monoisotopic (exact) mass is 394 g/mol. The van der Waals surface area contributed by atoms with E-state index >= 15 is 0 Å². The zero-order chi connectivity index (χ0) is 19.8. The van der Waals surface area contributed by atoms with Gasteiger partial charge in [0.15, 0.2) is 0 Å². The van der Waals surface area contributed by atoms with Gasteiger partial charge in [-0.15, -0.1) is 0 Å². The third-order valence-electron chi connectivity index (χ3n) is 3.58. The van der Waals surface area contributed by atoms with Crippen LogP contribution in [0.2, 0.25) is 19.6 Å². The van der Waals surface area contributed by atoms with Gasteiger partial charge in [0.1, 0.15) is 5.09 Å². The Kier molecular flexibility index (Phi) is 8.97. The maximum atomic E-state index is 6.28. The fourth-order valence-electron chi connectivity index (χ4n) is 2.38. The Balaban J connectivity index is 2.49. The zero-order valence-electron chi connectivity index (χ0n) is 18.0. The second kappa shape index (κ2) is 10.0. The van der Waals surface area contributed by atoms with E-state index in [-0.39, 0.29) is 10.3 Å². The average Bonchev–Trinajstić information content (AvgIpc) is 2.47. The second-order valence-electron chi connectivity index (χ2n) is 9.38. The van der Waals surface area contributed by atoms with Gasteiger partial charge < -0.3 is 9.16 Å². The lowest BCUT2D eigenvalue weighted by Gasteiger charge is -2.27. The number of rotatable bonds is 10. The van der Waals surface area contributed by atoms with Crippen LogP contribution in [0.3, 0.4) is 0 Å². The van der Waals surface area contributed by atoms with Gasteiger partial charge in [-0.1, -0.05) is 62.9 Å². The molecule has 0 N–H and O–H groups in total. The number of allylic oxidation sites excluding steroid dienone is 1. The Morgan fingerprint density at radius 2 is 1.65 bits per heavy atom. The summed E-state index contributed by atoms with van der Waals surface area (Å²) in [5.41, 5.74) is 1.12. The highest BCUT2D eigenvalue weighted by molar-refractivity contribution is 8.04. The van der Waals surface area contributed by atoms with Crippen molar-refractivity contribution >= 4 is 20.1 Å². The summed E-state index contributed by atoms with van der Waals surface area (Å²) in [5, 5.41) is 1.10. The van der Waals surface area contributed by atoms with Crippen LogP contribution in [0.5, 0.6) is 0 Å². The van der Waals surface area contributed by atoms with Crippen LogP contribution in [0.1, 0.15) is 59.4 Å². The molecule has 0 heterocycles. The Labute approximate surface area is 166 Å². The van der Waals surface area contributed by atoms with Crippen LogP contribution in [0, 0.1) is 0 Å². The molecule has 0 saturated heterocycles. The average molecular weight is 395 g/mol. The maximum Gasteiger partial charge on any atom is 0.242 e. The summed E-state index contributed by atoms with van der Waals surface area (Å²) in [6, 6.07) is 10.4. The molecule has 0 fully saturated rings. The maximum absolute atomic E-state index is 6.28. The lowest BCUT2D eigenvalue weighted by atomic mass is 10.0. The van der Waals surface area contributed by atoms with Gasteiger partial charge >= 0.3 is 0 Å². The lowest BCUT2D eigenvalue weighted by molar-refractivity contribution is -0.0359. The van der Waals surface area contributed by atoms with Crippen molar-refractivity contribution < 1.29 is 9.16 Å². The molecule has 0 radical (unpaired) electrons. The van der Waals surface area contributed by atoms with Crippen LogP contribution >= 0.6 is 11.8 Å². The molecular formula is C22H38O2SSi. The number of hydrogen-bond donors (Lipinski definition) is 0. The van der Waals surface area contributed by atoms with Gasteiger partial charge in [0.05, 0.1) is 12.2 Å². The Hall–Kier alpha value is -0.713. The van der Waals surface area contributed by atoms with Crippen molar-refractivity contribution in [1.29, 1.82) is 0 Å². The number of ether oxygens (including phenoxy) is 1. The SMILES string of the molecule is CC(C)(CCC/C=C(/O[Si](C)(C)C)SC(C)(C)C)OCc1ccccc1. The third-order valence-corrected chi connectivity index (χ3v) is 5.62. The standard InChI is InChI=1S/C22H38O2SSi/c1-21(2,3)25-20(24-26(6,7)8)16-12-13-17-22(4,5)23-18-19-14-10-9-11-15-19/h9-11,14-16H,12-13,17-18H2,1-8H3/b20-16-. The van der Waals surface area contributed by atoms with E-state index in [2.05, 4.69) is 84.6 Å². The molecular weight excluding hydrogens is 356 g/mol. The van der Waals surface area contributed by atoms with E-state index in [0.717, 1.165) is 24.4 Å². The molecule has 1 aromatic rings. The highest BCUT2D eigenvalue weighted by Gasteiger charge is 2.22. The van der Waals surface area contributed by atoms with Crippen LogP contribution in [0.15, 0.2) is 41.5 Å². The Bertz CT molecular complexity index is 536. The first kappa shape index (κ1) is 23.3. The van der Waals surface area contributed by atoms with Crippen molar-refractivity contribution in [3.05, 3.63) is 47.1 Å². The zero-order valence-corrected chi connectivity index (χ0v) is 19.8. The van der Waals surface area contributed by atoms with Crippen molar-refractivity contribution in [1.82, 2.24) is 0 Å². The van der Waals surface area contributed by atoms with Gasteiger partial charge in [0.2, 0.25) is 8.32 Å². The van der Waals surface area contributed by atoms with Gasteiger partial charge in [-0.25, -0.2) is 0 Å². The van der Waals surface area contributed by atoms with E-state index in [1.807, 2.05) is 17.8 Å². The number of hydrogen-bond acceptors (Lipinski definition) is 3. The number of thioether (sulfide) groups is 1. The molecule has 0 saturated carbocycles. The molecule has 26 heavy (non-hydrogen) atoms. The topological polar surface area (TPSA) is 18.5 Å². The molecule has 4 heteroatoms. The third kappa shape index (κ3) is 11.8. The largest absolute Gasteiger partial charge is 0.540 e. The van der Waals surface area contributed by atoms with E-state index in [9.17, 15) is 0 Å². The fraction of sp³-hybridized carbons (Fsp3) is 0.636. The van der Waals surface area contributed by atoms with Crippen LogP contribution in [0.25, 0.3) is 0 Å². The molecule has 0 amide bonds. The Morgan fingerprint density at radius 3 is 2.19 bits per heavy atom. The number of unbranched alkanes of at least 4 members (excludes halogenated alkanes) is 1. The molecule has 2 nitrogen and oxygen atoms in total. The van der Waals surface area contributed by atoms with Gasteiger partial charge in [-0.2, -0.15) is 0 Å². The fourth-order valence-corrected chi connectivity index (χ4v) is 4.79. The summed E-state index contributed by atoms with van der Waals surface area (Å²) in [5.74, 6) is 0. The molecule has 0 aliphatic carbocycles. The first-order valence-corrected chi connectivity index (χ1v) is 13.8. The van der Waals surface area contributed by atoms with Gasteiger partial charge in [0, 0.05) is 4.75 Å². The molecule has 1 rings (SSSR count). The molecule has 0 aromatic heterocycles. The molecule has 0 atom stereocenters. The van der Waals surface area contributed by atoms with Crippen molar-refractivity contribution in [2.75, 3.05) is 0 Å². The minimum absolute atomic E-state index is 0.110. The van der Waals surface area contributed by atoms with E-state index in [0.29, 0.717) is 6.61 Å². The van der Waals surface area contributed by atoms with E-state index in [1.165, 1.54) is 5.56 Å². The minimum Gasteiger partial charge on any atom is -0.540 e. The predicted molar refractivity (Wildman–Crippen MR) is 119 cm³/mol. The minimum atomic E-state index is -1.58. The van der Waals surface area contributed by atoms with Gasteiger partial charge in [-0.05, 0) is 64.4 Å². The van der Waals surface area contributed by atoms with Crippen LogP contribution in [-0.4, -0.2) is 18.7 Å². The van der Waals surface area contributed by atoms with Crippen molar-refractivity contribution in [2.24, 2.45) is 0 Å². The summed E-state index contributed by atoms with van der Waals surface area (Å²) < 4.78 is 12.6. The van der Waals surface area contributed by atoms with E-state index in [1.54, 1.807) is 0 Å². The van der Waals surface area contributed by atoms with Crippen molar-refractivity contribution in [3.63, 3.8) is 0 Å². The smallest absolute Gasteiger partial charge is 0.242 e. The lowest BCUT2D eigenvalue weighted by Crippen LogP contribution is -2.25. The van der Waals surface area contributed by atoms with Crippen LogP contribution in [0.4, 0.5) is 0 Å². The normalized spacial score (nSPS) is 13.8. The molecule has 0 spiro atoms. The Morgan fingerprint density at radius 1 is 1.04 bits per heavy atom. The second-order valence-corrected chi connectivity index (χ2v) is 15.6. The summed E-state index contributed by atoms with van der Waals surface area (Å²) in [4.78, 5) is 0. The highest BCUT2D eigenvalue weighted by Crippen LogP contribution is 2.34. The summed E-state index contributed by atoms with van der Waals surface area (Å²) in [6.07, 6.45) is 5.45. The van der Waals surface area contributed by atoms with Gasteiger partial charge in [-0.3, -0.25) is 0 Å². The van der Waals surface area contributed by atoms with E-state index in [4.69, 9.17) is 9.16 Å². The summed E-state index contributed by atoms with van der Waals surface area (Å²) >= 11 is 1.84. The summed E-state index contributed by atoms with van der Waals surface area (Å²) in [6.45, 7) is 18.5. The van der Waals surface area contributed by atoms with Crippen LogP contribution < -0.4 is 0 Å². The molecule has 0 aliphatic rings. The van der Waals surface area contributed by atoms with Gasteiger partial charge in [0.25, 0.3) is 0 Å². The van der Waals surface area contributed by atoms with E-state index < -0.39 is 8.32 Å². The molecule has 0 aliphatic heterocycles. The molecule has 0 bridgehead atoms.